The zero-order chi connectivity index (χ0) is 10.7. The van der Waals surface area contributed by atoms with Crippen molar-refractivity contribution >= 4 is 0 Å². The van der Waals surface area contributed by atoms with Crippen LogP contribution in [-0.2, 0) is 0 Å². The molecule has 1 heterocycles. The fourth-order valence-corrected chi connectivity index (χ4v) is 1.20. The maximum absolute atomic E-state index is 9.49. The molecule has 15 heavy (non-hydrogen) atoms. The number of phenols is 1. The second-order valence-corrected chi connectivity index (χ2v) is 3.06. The van der Waals surface area contributed by atoms with E-state index in [1.54, 1.807) is 35.3 Å². The molecule has 78 valence electrons. The fourth-order valence-electron chi connectivity index (χ4n) is 1.20. The number of aromatic hydroxyl groups is 1. The van der Waals surface area contributed by atoms with Crippen LogP contribution in [0.25, 0.3) is 0 Å². The predicted octanol–water partition coefficient (Wildman–Crippen LogP) is 1.58. The van der Waals surface area contributed by atoms with E-state index in [2.05, 4.69) is 10.1 Å². The van der Waals surface area contributed by atoms with Gasteiger partial charge in [-0.25, -0.2) is 9.67 Å². The first-order chi connectivity index (χ1) is 7.27. The Labute approximate surface area is 87.0 Å². The highest BCUT2D eigenvalue weighted by molar-refractivity contribution is 5.37. The van der Waals surface area contributed by atoms with Crippen molar-refractivity contribution in [2.24, 2.45) is 0 Å². The van der Waals surface area contributed by atoms with E-state index in [-0.39, 0.29) is 12.0 Å². The van der Waals surface area contributed by atoms with Crippen molar-refractivity contribution in [2.45, 2.75) is 13.2 Å². The van der Waals surface area contributed by atoms with Crippen molar-refractivity contribution in [3.63, 3.8) is 0 Å². The molecule has 0 amide bonds. The van der Waals surface area contributed by atoms with Crippen LogP contribution in [0.3, 0.4) is 0 Å². The first-order valence-electron chi connectivity index (χ1n) is 4.56. The van der Waals surface area contributed by atoms with Gasteiger partial charge in [-0.15, -0.1) is 0 Å². The summed E-state index contributed by atoms with van der Waals surface area (Å²) in [6.45, 7) is 1.82. The molecule has 2 rings (SSSR count). The smallest absolute Gasteiger partial charge is 0.190 e. The molecule has 1 aromatic carbocycles. The predicted molar refractivity (Wildman–Crippen MR) is 53.5 cm³/mol. The molecule has 1 atom stereocenters. The van der Waals surface area contributed by atoms with Crippen LogP contribution in [0.4, 0.5) is 0 Å². The van der Waals surface area contributed by atoms with Crippen LogP contribution in [0, 0.1) is 0 Å². The Balaban J connectivity index is 2.13. The van der Waals surface area contributed by atoms with Gasteiger partial charge in [0.25, 0.3) is 0 Å². The van der Waals surface area contributed by atoms with Gasteiger partial charge in [0.1, 0.15) is 12.7 Å². The number of hydrogen-bond donors (Lipinski definition) is 1. The van der Waals surface area contributed by atoms with E-state index in [4.69, 9.17) is 4.74 Å². The summed E-state index contributed by atoms with van der Waals surface area (Å²) < 4.78 is 7.06. The molecule has 0 aliphatic rings. The van der Waals surface area contributed by atoms with Crippen molar-refractivity contribution < 1.29 is 9.84 Å². The molecule has 5 nitrogen and oxygen atoms in total. The Hall–Kier alpha value is -2.04. The number of aromatic nitrogens is 3. The summed E-state index contributed by atoms with van der Waals surface area (Å²) in [7, 11) is 0. The molecule has 0 spiro atoms. The molecular weight excluding hydrogens is 194 g/mol. The van der Waals surface area contributed by atoms with E-state index in [0.717, 1.165) is 0 Å². The Kier molecular flexibility index (Phi) is 2.53. The van der Waals surface area contributed by atoms with E-state index in [1.165, 1.54) is 6.33 Å². The number of hydrogen-bond acceptors (Lipinski definition) is 4. The van der Waals surface area contributed by atoms with Crippen molar-refractivity contribution in [1.29, 1.82) is 0 Å². The highest BCUT2D eigenvalue weighted by atomic mass is 16.5. The summed E-state index contributed by atoms with van der Waals surface area (Å²) in [6.07, 6.45) is 2.69. The van der Waals surface area contributed by atoms with Gasteiger partial charge in [-0.05, 0) is 19.1 Å². The Bertz CT molecular complexity index is 428. The van der Waals surface area contributed by atoms with Gasteiger partial charge >= 0.3 is 0 Å². The maximum atomic E-state index is 9.49. The molecule has 5 heteroatoms. The molecule has 0 radical (unpaired) electrons. The van der Waals surface area contributed by atoms with Gasteiger partial charge in [-0.2, -0.15) is 5.10 Å². The average Bonchev–Trinajstić information content (AvgIpc) is 2.74. The quantitative estimate of drug-likeness (QED) is 0.826. The highest BCUT2D eigenvalue weighted by Gasteiger charge is 2.08. The van der Waals surface area contributed by atoms with Gasteiger partial charge < -0.3 is 9.84 Å². The molecule has 0 saturated heterocycles. The van der Waals surface area contributed by atoms with Gasteiger partial charge in [-0.3, -0.25) is 0 Å². The molecule has 0 aliphatic carbocycles. The van der Waals surface area contributed by atoms with Crippen LogP contribution in [0.5, 0.6) is 11.5 Å². The van der Waals surface area contributed by atoms with Crippen molar-refractivity contribution in [3.05, 3.63) is 36.9 Å². The second-order valence-electron chi connectivity index (χ2n) is 3.06. The Morgan fingerprint density at radius 2 is 2.20 bits per heavy atom. The largest absolute Gasteiger partial charge is 0.504 e. The summed E-state index contributed by atoms with van der Waals surface area (Å²) in [5.41, 5.74) is 0. The van der Waals surface area contributed by atoms with Crippen molar-refractivity contribution in [2.75, 3.05) is 0 Å². The fraction of sp³-hybridized carbons (Fsp3) is 0.200. The molecule has 0 saturated carbocycles. The van der Waals surface area contributed by atoms with Crippen LogP contribution in [0.2, 0.25) is 0 Å². The molecule has 0 fully saturated rings. The van der Waals surface area contributed by atoms with Crippen LogP contribution < -0.4 is 4.74 Å². The third kappa shape index (κ3) is 2.07. The van der Waals surface area contributed by atoms with Crippen LogP contribution >= 0.6 is 0 Å². The third-order valence-electron chi connectivity index (χ3n) is 1.97. The summed E-state index contributed by atoms with van der Waals surface area (Å²) in [5.74, 6) is 0.546. The van der Waals surface area contributed by atoms with Crippen LogP contribution in [-0.4, -0.2) is 19.9 Å². The van der Waals surface area contributed by atoms with Gasteiger partial charge in [0, 0.05) is 0 Å². The molecule has 2 aromatic rings. The van der Waals surface area contributed by atoms with Crippen LogP contribution in [0.1, 0.15) is 13.2 Å². The van der Waals surface area contributed by atoms with Gasteiger partial charge in [0.05, 0.1) is 0 Å². The summed E-state index contributed by atoms with van der Waals surface area (Å²) >= 11 is 0. The molecular formula is C10H11N3O2. The molecule has 0 aliphatic heterocycles. The minimum absolute atomic E-state index is 0.115. The Morgan fingerprint density at radius 3 is 2.87 bits per heavy atom. The SMILES string of the molecule is CC(Oc1ccccc1O)n1cncn1. The molecule has 0 bridgehead atoms. The number of benzene rings is 1. The minimum atomic E-state index is -0.305. The average molecular weight is 205 g/mol. The summed E-state index contributed by atoms with van der Waals surface area (Å²) in [5, 5.41) is 13.4. The van der Waals surface area contributed by atoms with E-state index in [9.17, 15) is 5.11 Å². The number of rotatable bonds is 3. The zero-order valence-electron chi connectivity index (χ0n) is 8.24. The van der Waals surface area contributed by atoms with Crippen molar-refractivity contribution in [1.82, 2.24) is 14.8 Å². The lowest BCUT2D eigenvalue weighted by Gasteiger charge is -2.14. The lowest BCUT2D eigenvalue weighted by Crippen LogP contribution is -2.12. The molecule has 1 unspecified atom stereocenters. The number of nitrogens with zero attached hydrogens (tertiary/aromatic N) is 3. The maximum Gasteiger partial charge on any atom is 0.190 e. The first kappa shape index (κ1) is 9.51. The third-order valence-corrected chi connectivity index (χ3v) is 1.97. The van der Waals surface area contributed by atoms with Gasteiger partial charge in [-0.1, -0.05) is 12.1 Å². The highest BCUT2D eigenvalue weighted by Crippen LogP contribution is 2.27. The lowest BCUT2D eigenvalue weighted by atomic mass is 10.3. The zero-order valence-corrected chi connectivity index (χ0v) is 8.24. The Morgan fingerprint density at radius 1 is 1.40 bits per heavy atom. The van der Waals surface area contributed by atoms with E-state index in [1.807, 2.05) is 6.92 Å². The summed E-state index contributed by atoms with van der Waals surface area (Å²) in [4.78, 5) is 3.82. The second kappa shape index (κ2) is 4.00. The number of phenolic OH excluding ortho intramolecular Hbond substituents is 1. The van der Waals surface area contributed by atoms with Crippen LogP contribution in [0.15, 0.2) is 36.9 Å². The van der Waals surface area contributed by atoms with E-state index in [0.29, 0.717) is 5.75 Å². The standard InChI is InChI=1S/C10H11N3O2/c1-8(13-7-11-6-12-13)15-10-5-3-2-4-9(10)14/h2-8,14H,1H3. The molecule has 1 N–H and O–H groups in total. The number of ether oxygens (including phenoxy) is 1. The minimum Gasteiger partial charge on any atom is -0.504 e. The number of para-hydroxylation sites is 2. The normalized spacial score (nSPS) is 12.3. The van der Waals surface area contributed by atoms with Gasteiger partial charge in [0.2, 0.25) is 0 Å². The first-order valence-corrected chi connectivity index (χ1v) is 4.56. The molecule has 1 aromatic heterocycles. The lowest BCUT2D eigenvalue weighted by molar-refractivity contribution is 0.133. The van der Waals surface area contributed by atoms with Gasteiger partial charge in [0.15, 0.2) is 17.7 Å². The summed E-state index contributed by atoms with van der Waals surface area (Å²) in [6, 6.07) is 6.80. The van der Waals surface area contributed by atoms with E-state index < -0.39 is 0 Å². The van der Waals surface area contributed by atoms with E-state index >= 15 is 0 Å². The topological polar surface area (TPSA) is 60.2 Å². The van der Waals surface area contributed by atoms with Crippen molar-refractivity contribution in [3.8, 4) is 11.5 Å². The monoisotopic (exact) mass is 205 g/mol.